The van der Waals surface area contributed by atoms with E-state index in [0.29, 0.717) is 22.3 Å². The van der Waals surface area contributed by atoms with Gasteiger partial charge in [0.05, 0.1) is 17.6 Å². The molecule has 2 aromatic heterocycles. The van der Waals surface area contributed by atoms with Crippen molar-refractivity contribution >= 4 is 29.2 Å². The number of anilines is 1. The lowest BCUT2D eigenvalue weighted by Gasteiger charge is -2.24. The van der Waals surface area contributed by atoms with Crippen molar-refractivity contribution in [2.75, 3.05) is 11.9 Å². The van der Waals surface area contributed by atoms with E-state index in [1.54, 1.807) is 30.5 Å². The zero-order valence-electron chi connectivity index (χ0n) is 18.6. The average Bonchev–Trinajstić information content (AvgIpc) is 3.19. The highest BCUT2D eigenvalue weighted by atomic mass is 35.5. The topological polar surface area (TPSA) is 138 Å². The molecule has 0 fully saturated rings. The SMILES string of the molecule is Cc1nn(-c2nncc(-c3ccc(Cl)cc3)n2)c2c1[C@H](c1ccc(OCC(N)=O)cc1)CC(=O)N2. The number of ether oxygens (including phenoxy) is 1. The van der Waals surface area contributed by atoms with Gasteiger partial charge in [0.15, 0.2) is 6.61 Å². The molecule has 0 saturated carbocycles. The first-order chi connectivity index (χ1) is 16.9. The number of hydrogen-bond donors (Lipinski definition) is 2. The Morgan fingerprint density at radius 3 is 2.66 bits per heavy atom. The summed E-state index contributed by atoms with van der Waals surface area (Å²) < 4.78 is 6.84. The van der Waals surface area contributed by atoms with Gasteiger partial charge in [0.2, 0.25) is 5.91 Å². The van der Waals surface area contributed by atoms with E-state index in [1.165, 1.54) is 4.68 Å². The van der Waals surface area contributed by atoms with Crippen LogP contribution in [0.1, 0.15) is 29.2 Å². The van der Waals surface area contributed by atoms with E-state index in [-0.39, 0.29) is 30.8 Å². The molecule has 2 aromatic carbocycles. The van der Waals surface area contributed by atoms with Crippen LogP contribution in [0.25, 0.3) is 17.2 Å². The minimum atomic E-state index is -0.553. The van der Waals surface area contributed by atoms with Crippen LogP contribution in [0.4, 0.5) is 5.82 Å². The van der Waals surface area contributed by atoms with Crippen LogP contribution < -0.4 is 15.8 Å². The van der Waals surface area contributed by atoms with Crippen molar-refractivity contribution in [3.63, 3.8) is 0 Å². The highest BCUT2D eigenvalue weighted by molar-refractivity contribution is 6.30. The van der Waals surface area contributed by atoms with Crippen LogP contribution in [0.15, 0.2) is 54.7 Å². The third-order valence-electron chi connectivity index (χ3n) is 5.64. The Morgan fingerprint density at radius 1 is 1.20 bits per heavy atom. The highest BCUT2D eigenvalue weighted by Gasteiger charge is 2.33. The highest BCUT2D eigenvalue weighted by Crippen LogP contribution is 2.40. The van der Waals surface area contributed by atoms with Gasteiger partial charge < -0.3 is 15.8 Å². The van der Waals surface area contributed by atoms with Gasteiger partial charge in [-0.05, 0) is 36.8 Å². The predicted octanol–water partition coefficient (Wildman–Crippen LogP) is 3.02. The molecule has 10 nitrogen and oxygen atoms in total. The Morgan fingerprint density at radius 2 is 1.94 bits per heavy atom. The number of carbonyl (C=O) groups is 2. The van der Waals surface area contributed by atoms with Crippen molar-refractivity contribution < 1.29 is 14.3 Å². The molecule has 11 heteroatoms. The molecule has 0 aliphatic carbocycles. The summed E-state index contributed by atoms with van der Waals surface area (Å²) in [6.45, 7) is 1.67. The lowest BCUT2D eigenvalue weighted by Crippen LogP contribution is -2.25. The monoisotopic (exact) mass is 489 g/mol. The van der Waals surface area contributed by atoms with Gasteiger partial charge >= 0.3 is 0 Å². The van der Waals surface area contributed by atoms with Gasteiger partial charge in [0.1, 0.15) is 11.6 Å². The van der Waals surface area contributed by atoms with Gasteiger partial charge in [-0.15, -0.1) is 5.10 Å². The third-order valence-corrected chi connectivity index (χ3v) is 5.90. The molecule has 2 amide bonds. The summed E-state index contributed by atoms with van der Waals surface area (Å²) >= 11 is 5.99. The lowest BCUT2D eigenvalue weighted by atomic mass is 9.86. The van der Waals surface area contributed by atoms with Gasteiger partial charge in [0, 0.05) is 28.5 Å². The van der Waals surface area contributed by atoms with Crippen LogP contribution in [-0.2, 0) is 9.59 Å². The molecule has 0 unspecified atom stereocenters. The number of nitrogens with one attached hydrogen (secondary N) is 1. The number of benzene rings is 2. The Kier molecular flexibility index (Phi) is 5.87. The summed E-state index contributed by atoms with van der Waals surface area (Å²) in [6.07, 6.45) is 1.81. The third kappa shape index (κ3) is 4.56. The van der Waals surface area contributed by atoms with Gasteiger partial charge in [-0.25, -0.2) is 4.98 Å². The van der Waals surface area contributed by atoms with Crippen LogP contribution in [0.3, 0.4) is 0 Å². The van der Waals surface area contributed by atoms with E-state index in [9.17, 15) is 9.59 Å². The van der Waals surface area contributed by atoms with Crippen LogP contribution >= 0.6 is 11.6 Å². The standard InChI is InChI=1S/C24H20ClN7O3/c1-13-22-18(14-4-8-17(9-5-14)35-12-20(26)33)10-21(34)29-23(22)32(31-13)24-28-19(11-27-30-24)15-2-6-16(25)7-3-15/h2-9,11,18H,10,12H2,1H3,(H2,26,33)(H,29,34)/t18-/m0/s1. The first-order valence-electron chi connectivity index (χ1n) is 10.8. The molecule has 1 atom stereocenters. The molecule has 176 valence electrons. The summed E-state index contributed by atoms with van der Waals surface area (Å²) in [5.74, 6) is 0.317. The number of amides is 2. The summed E-state index contributed by atoms with van der Waals surface area (Å²) in [4.78, 5) is 28.2. The molecule has 3 heterocycles. The Balaban J connectivity index is 1.51. The zero-order chi connectivity index (χ0) is 24.5. The van der Waals surface area contributed by atoms with Crippen molar-refractivity contribution in [3.05, 3.63) is 76.6 Å². The molecular formula is C24H20ClN7O3. The van der Waals surface area contributed by atoms with Gasteiger partial charge in [0.25, 0.3) is 11.9 Å². The summed E-state index contributed by atoms with van der Waals surface area (Å²) in [6, 6.07) is 14.4. The number of carbonyl (C=O) groups excluding carboxylic acids is 2. The number of aromatic nitrogens is 5. The molecule has 3 N–H and O–H groups in total. The van der Waals surface area contributed by atoms with E-state index in [2.05, 4.69) is 25.6 Å². The molecule has 5 rings (SSSR count). The second-order valence-corrected chi connectivity index (χ2v) is 8.47. The minimum Gasteiger partial charge on any atom is -0.484 e. The fourth-order valence-corrected chi connectivity index (χ4v) is 4.20. The Hall–Kier alpha value is -4.31. The minimum absolute atomic E-state index is 0.153. The fraction of sp³-hybridized carbons (Fsp3) is 0.167. The van der Waals surface area contributed by atoms with Crippen LogP contribution in [0, 0.1) is 6.92 Å². The zero-order valence-corrected chi connectivity index (χ0v) is 19.4. The van der Waals surface area contributed by atoms with Crippen molar-refractivity contribution in [1.82, 2.24) is 25.0 Å². The smallest absolute Gasteiger partial charge is 0.272 e. The van der Waals surface area contributed by atoms with Crippen LogP contribution in [0.5, 0.6) is 5.75 Å². The molecule has 0 radical (unpaired) electrons. The van der Waals surface area contributed by atoms with Crippen molar-refractivity contribution in [1.29, 1.82) is 0 Å². The normalized spacial score (nSPS) is 14.8. The molecule has 35 heavy (non-hydrogen) atoms. The lowest BCUT2D eigenvalue weighted by molar-refractivity contribution is -0.120. The van der Waals surface area contributed by atoms with E-state index < -0.39 is 5.91 Å². The fourth-order valence-electron chi connectivity index (χ4n) is 4.07. The molecule has 1 aliphatic rings. The maximum absolute atomic E-state index is 12.7. The molecular weight excluding hydrogens is 470 g/mol. The first kappa shape index (κ1) is 22.5. The largest absolute Gasteiger partial charge is 0.484 e. The van der Waals surface area contributed by atoms with E-state index in [0.717, 1.165) is 22.4 Å². The number of nitrogens with two attached hydrogens (primary N) is 1. The van der Waals surface area contributed by atoms with Crippen molar-refractivity contribution in [2.24, 2.45) is 5.73 Å². The summed E-state index contributed by atoms with van der Waals surface area (Å²) in [5, 5.41) is 16.4. The molecule has 0 spiro atoms. The second kappa shape index (κ2) is 9.15. The van der Waals surface area contributed by atoms with E-state index >= 15 is 0 Å². The molecule has 4 aromatic rings. The maximum Gasteiger partial charge on any atom is 0.272 e. The number of nitrogens with zero attached hydrogens (tertiary/aromatic N) is 5. The number of halogens is 1. The molecule has 0 bridgehead atoms. The predicted molar refractivity (Wildman–Crippen MR) is 128 cm³/mol. The van der Waals surface area contributed by atoms with Crippen LogP contribution in [0.2, 0.25) is 5.02 Å². The summed E-state index contributed by atoms with van der Waals surface area (Å²) in [5.41, 5.74) is 9.07. The van der Waals surface area contributed by atoms with Crippen molar-refractivity contribution in [2.45, 2.75) is 19.3 Å². The van der Waals surface area contributed by atoms with Crippen LogP contribution in [-0.4, -0.2) is 43.4 Å². The van der Waals surface area contributed by atoms with Gasteiger partial charge in [-0.1, -0.05) is 35.9 Å². The maximum atomic E-state index is 12.7. The average molecular weight is 490 g/mol. The van der Waals surface area contributed by atoms with Crippen molar-refractivity contribution in [3.8, 4) is 23.0 Å². The Labute approximate surface area is 205 Å². The number of primary amides is 1. The van der Waals surface area contributed by atoms with E-state index in [4.69, 9.17) is 22.1 Å². The first-order valence-corrected chi connectivity index (χ1v) is 11.1. The molecule has 0 saturated heterocycles. The van der Waals surface area contributed by atoms with E-state index in [1.807, 2.05) is 31.2 Å². The number of hydrogen-bond acceptors (Lipinski definition) is 7. The quantitative estimate of drug-likeness (QED) is 0.424. The Bertz CT molecular complexity index is 1420. The second-order valence-electron chi connectivity index (χ2n) is 8.04. The van der Waals surface area contributed by atoms with Gasteiger partial charge in [-0.3, -0.25) is 9.59 Å². The number of aryl methyl sites for hydroxylation is 1. The number of rotatable bonds is 6. The summed E-state index contributed by atoms with van der Waals surface area (Å²) in [7, 11) is 0. The molecule has 1 aliphatic heterocycles. The van der Waals surface area contributed by atoms with Gasteiger partial charge in [-0.2, -0.15) is 14.9 Å². The number of fused-ring (bicyclic) bond motifs is 1.